The number of carboxylic acids is 1. The zero-order chi connectivity index (χ0) is 15.2. The molecule has 110 valence electrons. The molecule has 2 N–H and O–H groups in total. The van der Waals surface area contributed by atoms with Gasteiger partial charge in [0.05, 0.1) is 17.2 Å². The molecule has 0 fully saturated rings. The van der Waals surface area contributed by atoms with Crippen LogP contribution in [0.2, 0.25) is 0 Å². The van der Waals surface area contributed by atoms with Gasteiger partial charge in [0.2, 0.25) is 0 Å². The molecule has 0 aliphatic heterocycles. The minimum atomic E-state index is -1.12. The molecule has 1 unspecified atom stereocenters. The Morgan fingerprint density at radius 1 is 1.33 bits per heavy atom. The number of nitrogens with one attached hydrogen (secondary N) is 1. The molecule has 0 radical (unpaired) electrons. The highest BCUT2D eigenvalue weighted by atomic mass is 16.5. The van der Waals surface area contributed by atoms with Crippen molar-refractivity contribution in [3.8, 4) is 0 Å². The summed E-state index contributed by atoms with van der Waals surface area (Å²) in [6.07, 6.45) is 1.51. The molecule has 0 aliphatic rings. The van der Waals surface area contributed by atoms with Crippen molar-refractivity contribution in [3.05, 3.63) is 36.2 Å². The van der Waals surface area contributed by atoms with Gasteiger partial charge in [-0.05, 0) is 12.1 Å². The molecular formula is C14H15N3O4. The van der Waals surface area contributed by atoms with Crippen molar-refractivity contribution < 1.29 is 19.4 Å². The molecule has 0 aliphatic carbocycles. The highest BCUT2D eigenvalue weighted by Crippen LogP contribution is 2.08. The first kappa shape index (κ1) is 14.9. The van der Waals surface area contributed by atoms with Crippen LogP contribution in [0.1, 0.15) is 16.9 Å². The van der Waals surface area contributed by atoms with Crippen LogP contribution in [-0.2, 0) is 9.53 Å². The van der Waals surface area contributed by atoms with Crippen LogP contribution in [0.5, 0.6) is 0 Å². The van der Waals surface area contributed by atoms with Gasteiger partial charge in [-0.3, -0.25) is 9.78 Å². The van der Waals surface area contributed by atoms with Crippen molar-refractivity contribution in [2.45, 2.75) is 12.5 Å². The minimum absolute atomic E-state index is 0.0809. The first-order valence-corrected chi connectivity index (χ1v) is 6.36. The molecule has 7 heteroatoms. The second-order valence-electron chi connectivity index (χ2n) is 4.39. The number of fused-ring (bicyclic) bond motifs is 1. The van der Waals surface area contributed by atoms with Crippen LogP contribution in [0.3, 0.4) is 0 Å². The van der Waals surface area contributed by atoms with Crippen molar-refractivity contribution in [1.82, 2.24) is 15.3 Å². The highest BCUT2D eigenvalue weighted by molar-refractivity contribution is 5.96. The van der Waals surface area contributed by atoms with Crippen LogP contribution in [0.25, 0.3) is 11.0 Å². The molecule has 2 aromatic rings. The number of rotatable bonds is 6. The second kappa shape index (κ2) is 6.76. The predicted molar refractivity (Wildman–Crippen MR) is 74.9 cm³/mol. The normalized spacial score (nSPS) is 12.0. The molecule has 7 nitrogen and oxygen atoms in total. The van der Waals surface area contributed by atoms with Crippen LogP contribution < -0.4 is 5.32 Å². The maximum absolute atomic E-state index is 12.0. The average molecular weight is 289 g/mol. The molecule has 1 aromatic carbocycles. The van der Waals surface area contributed by atoms with E-state index in [0.29, 0.717) is 11.0 Å². The summed E-state index contributed by atoms with van der Waals surface area (Å²) in [5.41, 5.74) is 1.33. The standard InChI is InChI=1S/C14H15N3O4/c1-21-7-6-11(14(19)20)17-13(18)12-8-15-9-4-2-3-5-10(9)16-12/h2-5,8,11H,6-7H2,1H3,(H,17,18)(H,19,20). The monoisotopic (exact) mass is 289 g/mol. The smallest absolute Gasteiger partial charge is 0.326 e. The lowest BCUT2D eigenvalue weighted by Crippen LogP contribution is -2.41. The van der Waals surface area contributed by atoms with E-state index in [1.807, 2.05) is 6.07 Å². The third-order valence-corrected chi connectivity index (χ3v) is 2.90. The van der Waals surface area contributed by atoms with E-state index >= 15 is 0 Å². The zero-order valence-electron chi connectivity index (χ0n) is 11.4. The molecule has 1 heterocycles. The molecule has 1 amide bonds. The van der Waals surface area contributed by atoms with Gasteiger partial charge in [0.1, 0.15) is 11.7 Å². The number of methoxy groups -OCH3 is 1. The number of carboxylic acid groups (broad SMARTS) is 1. The van der Waals surface area contributed by atoms with Gasteiger partial charge in [-0.2, -0.15) is 0 Å². The Kier molecular flexibility index (Phi) is 4.78. The number of carbonyl (C=O) groups excluding carboxylic acids is 1. The summed E-state index contributed by atoms with van der Waals surface area (Å²) in [5.74, 6) is -1.69. The van der Waals surface area contributed by atoms with E-state index in [2.05, 4.69) is 15.3 Å². The lowest BCUT2D eigenvalue weighted by atomic mass is 10.2. The summed E-state index contributed by atoms with van der Waals surface area (Å²) < 4.78 is 4.82. The summed E-state index contributed by atoms with van der Waals surface area (Å²) in [5, 5.41) is 11.5. The first-order chi connectivity index (χ1) is 10.1. The van der Waals surface area contributed by atoms with E-state index in [-0.39, 0.29) is 18.7 Å². The number of amides is 1. The molecule has 0 saturated heterocycles. The van der Waals surface area contributed by atoms with Crippen LogP contribution in [0, 0.1) is 0 Å². The van der Waals surface area contributed by atoms with E-state index in [0.717, 1.165) is 0 Å². The van der Waals surface area contributed by atoms with E-state index in [9.17, 15) is 9.59 Å². The first-order valence-electron chi connectivity index (χ1n) is 6.36. The van der Waals surface area contributed by atoms with Gasteiger partial charge < -0.3 is 15.2 Å². The summed E-state index contributed by atoms with van der Waals surface area (Å²) in [7, 11) is 1.47. The molecule has 0 spiro atoms. The van der Waals surface area contributed by atoms with Gasteiger partial charge in [-0.1, -0.05) is 12.1 Å². The predicted octanol–water partition coefficient (Wildman–Crippen LogP) is 0.849. The zero-order valence-corrected chi connectivity index (χ0v) is 11.4. The molecule has 1 atom stereocenters. The Morgan fingerprint density at radius 3 is 2.71 bits per heavy atom. The third kappa shape index (κ3) is 3.73. The van der Waals surface area contributed by atoms with Crippen LogP contribution in [0.4, 0.5) is 0 Å². The Balaban J connectivity index is 2.15. The number of hydrogen-bond acceptors (Lipinski definition) is 5. The number of aromatic nitrogens is 2. The lowest BCUT2D eigenvalue weighted by molar-refractivity contribution is -0.139. The fourth-order valence-corrected chi connectivity index (χ4v) is 1.79. The van der Waals surface area contributed by atoms with Crippen molar-refractivity contribution in [1.29, 1.82) is 0 Å². The topological polar surface area (TPSA) is 101 Å². The van der Waals surface area contributed by atoms with Gasteiger partial charge in [0.25, 0.3) is 5.91 Å². The number of carbonyl (C=O) groups is 2. The van der Waals surface area contributed by atoms with Gasteiger partial charge in [-0.15, -0.1) is 0 Å². The van der Waals surface area contributed by atoms with E-state index < -0.39 is 17.9 Å². The lowest BCUT2D eigenvalue weighted by Gasteiger charge is -2.13. The summed E-state index contributed by atoms with van der Waals surface area (Å²) >= 11 is 0. The SMILES string of the molecule is COCCC(NC(=O)c1cnc2ccccc2n1)C(=O)O. The van der Waals surface area contributed by atoms with Crippen LogP contribution in [0.15, 0.2) is 30.5 Å². The number of nitrogens with zero attached hydrogens (tertiary/aromatic N) is 2. The third-order valence-electron chi connectivity index (χ3n) is 2.90. The molecule has 0 saturated carbocycles. The largest absolute Gasteiger partial charge is 0.480 e. The Hall–Kier alpha value is -2.54. The van der Waals surface area contributed by atoms with Gasteiger partial charge in [-0.25, -0.2) is 9.78 Å². The highest BCUT2D eigenvalue weighted by Gasteiger charge is 2.21. The molecule has 0 bridgehead atoms. The number of aliphatic carboxylic acids is 1. The van der Waals surface area contributed by atoms with Crippen molar-refractivity contribution in [2.75, 3.05) is 13.7 Å². The molecular weight excluding hydrogens is 274 g/mol. The Morgan fingerprint density at radius 2 is 2.05 bits per heavy atom. The fraction of sp³-hybridized carbons (Fsp3) is 0.286. The molecule has 21 heavy (non-hydrogen) atoms. The maximum atomic E-state index is 12.0. The minimum Gasteiger partial charge on any atom is -0.480 e. The average Bonchev–Trinajstić information content (AvgIpc) is 2.50. The Labute approximate surface area is 121 Å². The summed E-state index contributed by atoms with van der Waals surface area (Å²) in [6.45, 7) is 0.237. The van der Waals surface area contributed by atoms with Gasteiger partial charge in [0.15, 0.2) is 0 Å². The number of hydrogen-bond donors (Lipinski definition) is 2. The fourth-order valence-electron chi connectivity index (χ4n) is 1.79. The number of ether oxygens (including phenoxy) is 1. The number of benzene rings is 1. The van der Waals surface area contributed by atoms with Gasteiger partial charge >= 0.3 is 5.97 Å². The van der Waals surface area contributed by atoms with E-state index in [4.69, 9.17) is 9.84 Å². The van der Waals surface area contributed by atoms with E-state index in [1.165, 1.54) is 13.3 Å². The van der Waals surface area contributed by atoms with Crippen molar-refractivity contribution >= 4 is 22.9 Å². The van der Waals surface area contributed by atoms with Crippen molar-refractivity contribution in [2.24, 2.45) is 0 Å². The van der Waals surface area contributed by atoms with Crippen LogP contribution >= 0.6 is 0 Å². The maximum Gasteiger partial charge on any atom is 0.326 e. The Bertz CT molecular complexity index is 659. The second-order valence-corrected chi connectivity index (χ2v) is 4.39. The summed E-state index contributed by atoms with van der Waals surface area (Å²) in [6, 6.07) is 6.10. The quantitative estimate of drug-likeness (QED) is 0.817. The van der Waals surface area contributed by atoms with E-state index in [1.54, 1.807) is 18.2 Å². The van der Waals surface area contributed by atoms with Gasteiger partial charge in [0, 0.05) is 20.1 Å². The van der Waals surface area contributed by atoms with Crippen molar-refractivity contribution in [3.63, 3.8) is 0 Å². The summed E-state index contributed by atoms with van der Waals surface area (Å²) in [4.78, 5) is 31.4. The van der Waals surface area contributed by atoms with Crippen LogP contribution in [-0.4, -0.2) is 46.7 Å². The molecule has 1 aromatic heterocycles. The number of para-hydroxylation sites is 2. The molecule has 2 rings (SSSR count).